The SMILES string of the molecule is CCC(CC)COC(=O)[C@H](C)N[P@](=O)(OCC1(C)O[C@@](C)(c2ccc3c(N)ncnn23)[C@H](O)[C@@H]1O)Oc1ccccc1. The van der Waals surface area contributed by atoms with Crippen LogP contribution in [0.4, 0.5) is 5.82 Å². The number of nitrogen functional groups attached to an aromatic ring is 1. The minimum absolute atomic E-state index is 0.215. The van der Waals surface area contributed by atoms with E-state index in [0.717, 1.165) is 12.8 Å². The molecule has 1 saturated heterocycles. The zero-order valence-corrected chi connectivity index (χ0v) is 25.4. The maximum atomic E-state index is 14.0. The minimum Gasteiger partial charge on any atom is -0.464 e. The van der Waals surface area contributed by atoms with Gasteiger partial charge in [0.15, 0.2) is 5.82 Å². The number of aliphatic hydroxyl groups is 2. The van der Waals surface area contributed by atoms with E-state index in [2.05, 4.69) is 15.2 Å². The molecule has 3 aromatic rings. The molecule has 230 valence electrons. The Morgan fingerprint density at radius 3 is 2.52 bits per heavy atom. The van der Waals surface area contributed by atoms with Crippen LogP contribution in [0.15, 0.2) is 48.8 Å². The number of nitrogens with two attached hydrogens (primary N) is 1. The van der Waals surface area contributed by atoms with Crippen molar-refractivity contribution in [2.75, 3.05) is 18.9 Å². The lowest BCUT2D eigenvalue weighted by Crippen LogP contribution is -2.45. The second-order valence-electron chi connectivity index (χ2n) is 10.9. The molecule has 3 heterocycles. The summed E-state index contributed by atoms with van der Waals surface area (Å²) < 4.78 is 38.8. The first kappa shape index (κ1) is 31.9. The third-order valence-corrected chi connectivity index (χ3v) is 9.36. The number of aliphatic hydroxyl groups excluding tert-OH is 2. The summed E-state index contributed by atoms with van der Waals surface area (Å²) >= 11 is 0. The van der Waals surface area contributed by atoms with E-state index in [1.807, 2.05) is 13.8 Å². The van der Waals surface area contributed by atoms with Crippen molar-refractivity contribution >= 4 is 25.1 Å². The second kappa shape index (κ2) is 12.7. The van der Waals surface area contributed by atoms with Crippen LogP contribution in [0, 0.1) is 5.92 Å². The Labute approximate surface area is 244 Å². The highest BCUT2D eigenvalue weighted by Crippen LogP contribution is 2.50. The molecule has 0 saturated carbocycles. The Balaban J connectivity index is 1.55. The first-order valence-electron chi connectivity index (χ1n) is 13.9. The van der Waals surface area contributed by atoms with Crippen molar-refractivity contribution in [3.05, 3.63) is 54.5 Å². The molecule has 1 unspecified atom stereocenters. The number of ether oxygens (including phenoxy) is 2. The standard InChI is InChI=1S/C28H40N5O8P/c1-6-19(7-2)15-38-26(36)18(3)32-42(37,40-20-11-9-8-10-12-20)39-16-27(4)23(34)24(35)28(5,41-27)22-14-13-21-25(29)30-17-31-33(21)22/h8-14,17-19,23-24,34-35H,6-7,15-16H2,1-5H3,(H,32,37)(H2,29,30,31)/t18-,23-,24+,27?,28-,42-/m0/s1. The number of anilines is 1. The zero-order valence-electron chi connectivity index (χ0n) is 24.5. The number of nitrogens with zero attached hydrogens (tertiary/aromatic N) is 3. The summed E-state index contributed by atoms with van der Waals surface area (Å²) in [4.78, 5) is 16.7. The molecule has 14 heteroatoms. The number of hydrogen-bond acceptors (Lipinski definition) is 11. The molecule has 0 aliphatic carbocycles. The van der Waals surface area contributed by atoms with Crippen molar-refractivity contribution in [1.29, 1.82) is 0 Å². The molecule has 1 aromatic carbocycles. The van der Waals surface area contributed by atoms with Gasteiger partial charge in [-0.2, -0.15) is 10.2 Å². The number of rotatable bonds is 13. The van der Waals surface area contributed by atoms with E-state index < -0.39 is 49.8 Å². The Hall–Kier alpha value is -3.06. The van der Waals surface area contributed by atoms with Crippen LogP contribution in [0.2, 0.25) is 0 Å². The number of benzene rings is 1. The fourth-order valence-electron chi connectivity index (χ4n) is 4.95. The molecule has 6 atom stereocenters. The summed E-state index contributed by atoms with van der Waals surface area (Å²) in [6.45, 7) is 8.41. The highest BCUT2D eigenvalue weighted by atomic mass is 31.2. The van der Waals surface area contributed by atoms with Gasteiger partial charge in [-0.05, 0) is 51.0 Å². The number of esters is 1. The van der Waals surface area contributed by atoms with E-state index >= 15 is 0 Å². The topological polar surface area (TPSA) is 180 Å². The van der Waals surface area contributed by atoms with E-state index in [9.17, 15) is 19.6 Å². The Morgan fingerprint density at radius 2 is 1.86 bits per heavy atom. The molecular formula is C28H40N5O8P. The molecule has 0 amide bonds. The largest absolute Gasteiger partial charge is 0.464 e. The number of fused-ring (bicyclic) bond motifs is 1. The van der Waals surface area contributed by atoms with Gasteiger partial charge in [-0.25, -0.2) is 14.1 Å². The van der Waals surface area contributed by atoms with Crippen molar-refractivity contribution < 1.29 is 38.1 Å². The minimum atomic E-state index is -4.27. The van der Waals surface area contributed by atoms with Gasteiger partial charge in [0, 0.05) is 0 Å². The molecule has 2 aromatic heterocycles. The Morgan fingerprint density at radius 1 is 1.17 bits per heavy atom. The maximum Gasteiger partial charge on any atom is 0.459 e. The van der Waals surface area contributed by atoms with Crippen molar-refractivity contribution in [3.63, 3.8) is 0 Å². The lowest BCUT2D eigenvalue weighted by atomic mass is 9.90. The maximum absolute atomic E-state index is 14.0. The Bertz CT molecular complexity index is 1420. The van der Waals surface area contributed by atoms with Gasteiger partial charge in [-0.1, -0.05) is 44.9 Å². The van der Waals surface area contributed by atoms with E-state index in [-0.39, 0.29) is 24.1 Å². The summed E-state index contributed by atoms with van der Waals surface area (Å²) in [5.74, 6) is 0.0598. The van der Waals surface area contributed by atoms with E-state index in [0.29, 0.717) is 11.2 Å². The fourth-order valence-corrected chi connectivity index (χ4v) is 6.54. The third kappa shape index (κ3) is 6.46. The van der Waals surface area contributed by atoms with Crippen LogP contribution in [-0.4, -0.2) is 67.8 Å². The van der Waals surface area contributed by atoms with Crippen LogP contribution < -0.4 is 15.3 Å². The monoisotopic (exact) mass is 605 g/mol. The lowest BCUT2D eigenvalue weighted by molar-refractivity contribution is -0.147. The van der Waals surface area contributed by atoms with Gasteiger partial charge in [-0.3, -0.25) is 9.32 Å². The highest BCUT2D eigenvalue weighted by Gasteiger charge is 2.60. The molecule has 5 N–H and O–H groups in total. The van der Waals surface area contributed by atoms with E-state index in [4.69, 9.17) is 24.3 Å². The average molecular weight is 606 g/mol. The number of carbonyl (C=O) groups excluding carboxylic acids is 1. The molecular weight excluding hydrogens is 565 g/mol. The molecule has 1 aliphatic heterocycles. The first-order chi connectivity index (χ1) is 19.9. The van der Waals surface area contributed by atoms with Crippen LogP contribution in [0.25, 0.3) is 5.52 Å². The summed E-state index contributed by atoms with van der Waals surface area (Å²) in [6.07, 6.45) is 0.0844. The Kier molecular flexibility index (Phi) is 9.61. The third-order valence-electron chi connectivity index (χ3n) is 7.74. The van der Waals surface area contributed by atoms with E-state index in [1.165, 1.54) is 24.7 Å². The summed E-state index contributed by atoms with van der Waals surface area (Å²) in [5, 5.41) is 29.2. The van der Waals surface area contributed by atoms with Crippen LogP contribution in [0.1, 0.15) is 53.2 Å². The second-order valence-corrected chi connectivity index (χ2v) is 12.6. The lowest BCUT2D eigenvalue weighted by Gasteiger charge is -2.32. The summed E-state index contributed by atoms with van der Waals surface area (Å²) in [7, 11) is -4.27. The van der Waals surface area contributed by atoms with Crippen LogP contribution in [0.3, 0.4) is 0 Å². The zero-order chi connectivity index (χ0) is 30.7. The van der Waals surface area contributed by atoms with Crippen LogP contribution in [-0.2, 0) is 29.0 Å². The number of nitrogens with one attached hydrogen (secondary N) is 1. The van der Waals surface area contributed by atoms with E-state index in [1.54, 1.807) is 49.4 Å². The van der Waals surface area contributed by atoms with Gasteiger partial charge < -0.3 is 29.9 Å². The molecule has 13 nitrogen and oxygen atoms in total. The van der Waals surface area contributed by atoms with Gasteiger partial charge >= 0.3 is 13.7 Å². The quantitative estimate of drug-likeness (QED) is 0.165. The highest BCUT2D eigenvalue weighted by molar-refractivity contribution is 7.52. The van der Waals surface area contributed by atoms with Crippen molar-refractivity contribution in [2.24, 2.45) is 5.92 Å². The number of carbonyl (C=O) groups is 1. The van der Waals surface area contributed by atoms with Gasteiger partial charge in [0.2, 0.25) is 0 Å². The van der Waals surface area contributed by atoms with Gasteiger partial charge in [0.25, 0.3) is 0 Å². The molecule has 0 spiro atoms. The molecule has 0 radical (unpaired) electrons. The molecule has 0 bridgehead atoms. The van der Waals surface area contributed by atoms with Crippen LogP contribution in [0.5, 0.6) is 5.75 Å². The molecule has 42 heavy (non-hydrogen) atoms. The molecule has 1 fully saturated rings. The number of hydrogen-bond donors (Lipinski definition) is 4. The average Bonchev–Trinajstić information content (AvgIpc) is 3.49. The van der Waals surface area contributed by atoms with Gasteiger partial charge in [0.05, 0.1) is 18.9 Å². The summed E-state index contributed by atoms with van der Waals surface area (Å²) in [5.41, 5.74) is 3.85. The summed E-state index contributed by atoms with van der Waals surface area (Å²) in [6, 6.07) is 10.6. The van der Waals surface area contributed by atoms with Crippen LogP contribution >= 0.6 is 7.75 Å². The van der Waals surface area contributed by atoms with Crippen molar-refractivity contribution in [1.82, 2.24) is 19.7 Å². The first-order valence-corrected chi connectivity index (χ1v) is 15.5. The smallest absolute Gasteiger partial charge is 0.459 e. The van der Waals surface area contributed by atoms with Crippen molar-refractivity contribution in [2.45, 2.75) is 76.9 Å². The number of aromatic nitrogens is 3. The normalized spacial score (nSPS) is 26.3. The number of para-hydroxylation sites is 1. The predicted octanol–water partition coefficient (Wildman–Crippen LogP) is 3.20. The fraction of sp³-hybridized carbons (Fsp3) is 0.536. The van der Waals surface area contributed by atoms with Gasteiger partial charge in [-0.15, -0.1) is 0 Å². The molecule has 4 rings (SSSR count). The predicted molar refractivity (Wildman–Crippen MR) is 155 cm³/mol. The molecule has 1 aliphatic rings. The van der Waals surface area contributed by atoms with Gasteiger partial charge in [0.1, 0.15) is 47.0 Å². The van der Waals surface area contributed by atoms with Crippen molar-refractivity contribution in [3.8, 4) is 5.75 Å².